The summed E-state index contributed by atoms with van der Waals surface area (Å²) in [6.07, 6.45) is 0.904. The van der Waals surface area contributed by atoms with E-state index < -0.39 is 0 Å². The van der Waals surface area contributed by atoms with Crippen LogP contribution in [0, 0.1) is 0 Å². The molecule has 0 bridgehead atoms. The number of hydrogen-bond donors (Lipinski definition) is 2. The zero-order chi connectivity index (χ0) is 18.7. The van der Waals surface area contributed by atoms with E-state index in [1.807, 2.05) is 72.8 Å². The highest BCUT2D eigenvalue weighted by Gasteiger charge is 2.03. The van der Waals surface area contributed by atoms with Gasteiger partial charge >= 0.3 is 0 Å². The first-order valence-electron chi connectivity index (χ1n) is 9.11. The minimum atomic E-state index is -0.0546. The van der Waals surface area contributed by atoms with Crippen LogP contribution in [-0.2, 0) is 17.8 Å². The molecule has 3 aromatic carbocycles. The summed E-state index contributed by atoms with van der Waals surface area (Å²) in [6.45, 7) is 1.58. The second-order valence-electron chi connectivity index (χ2n) is 6.26. The molecule has 0 heterocycles. The molecule has 0 aliphatic carbocycles. The van der Waals surface area contributed by atoms with Crippen LogP contribution >= 0.6 is 0 Å². The molecule has 3 aromatic rings. The molecule has 0 saturated heterocycles. The summed E-state index contributed by atoms with van der Waals surface area (Å²) >= 11 is 0. The summed E-state index contributed by atoms with van der Waals surface area (Å²) in [5, 5.41) is 6.05. The van der Waals surface area contributed by atoms with Crippen molar-refractivity contribution in [3.05, 3.63) is 96.1 Å². The maximum atomic E-state index is 12.0. The van der Waals surface area contributed by atoms with Crippen molar-refractivity contribution in [1.82, 2.24) is 5.32 Å². The largest absolute Gasteiger partial charge is 0.489 e. The lowest BCUT2D eigenvalue weighted by atomic mass is 10.1. The molecule has 0 aliphatic heterocycles. The molecular formula is C23H24N2O2. The summed E-state index contributed by atoms with van der Waals surface area (Å²) in [6, 6.07) is 27.7. The molecule has 27 heavy (non-hydrogen) atoms. The topological polar surface area (TPSA) is 50.4 Å². The summed E-state index contributed by atoms with van der Waals surface area (Å²) in [5.41, 5.74) is 3.14. The highest BCUT2D eigenvalue weighted by Crippen LogP contribution is 2.17. The Bertz CT molecular complexity index is 818. The van der Waals surface area contributed by atoms with E-state index in [1.54, 1.807) is 0 Å². The van der Waals surface area contributed by atoms with E-state index in [2.05, 4.69) is 22.8 Å². The SMILES string of the molecule is O=C(CNCCc1ccccc1)Nc1ccc(OCc2ccccc2)cc1. The second-order valence-corrected chi connectivity index (χ2v) is 6.26. The monoisotopic (exact) mass is 360 g/mol. The minimum Gasteiger partial charge on any atom is -0.489 e. The average Bonchev–Trinajstić information content (AvgIpc) is 2.72. The van der Waals surface area contributed by atoms with E-state index in [0.717, 1.165) is 30.0 Å². The average molecular weight is 360 g/mol. The standard InChI is InChI=1S/C23H24N2O2/c26-23(17-24-16-15-19-7-3-1-4-8-19)25-21-11-13-22(14-12-21)27-18-20-9-5-2-6-10-20/h1-14,24H,15-18H2,(H,25,26). The van der Waals surface area contributed by atoms with Crippen molar-refractivity contribution in [1.29, 1.82) is 0 Å². The van der Waals surface area contributed by atoms with Gasteiger partial charge in [-0.1, -0.05) is 60.7 Å². The lowest BCUT2D eigenvalue weighted by molar-refractivity contribution is -0.115. The molecule has 0 aliphatic rings. The number of carbonyl (C=O) groups is 1. The molecule has 3 rings (SSSR count). The van der Waals surface area contributed by atoms with Crippen LogP contribution in [0.1, 0.15) is 11.1 Å². The predicted molar refractivity (Wildman–Crippen MR) is 109 cm³/mol. The van der Waals surface area contributed by atoms with Gasteiger partial charge in [-0.05, 0) is 48.4 Å². The smallest absolute Gasteiger partial charge is 0.238 e. The molecule has 0 unspecified atom stereocenters. The number of nitrogens with one attached hydrogen (secondary N) is 2. The molecule has 4 nitrogen and oxygen atoms in total. The van der Waals surface area contributed by atoms with Crippen molar-refractivity contribution >= 4 is 11.6 Å². The molecule has 0 atom stereocenters. The molecule has 2 N–H and O–H groups in total. The highest BCUT2D eigenvalue weighted by molar-refractivity contribution is 5.92. The van der Waals surface area contributed by atoms with E-state index in [-0.39, 0.29) is 5.91 Å². The Morgan fingerprint density at radius 1 is 0.778 bits per heavy atom. The van der Waals surface area contributed by atoms with Gasteiger partial charge in [0.2, 0.25) is 5.91 Å². The van der Waals surface area contributed by atoms with E-state index in [0.29, 0.717) is 13.2 Å². The zero-order valence-corrected chi connectivity index (χ0v) is 15.2. The summed E-state index contributed by atoms with van der Waals surface area (Å²) in [7, 11) is 0. The molecule has 0 spiro atoms. The Morgan fingerprint density at radius 2 is 1.41 bits per heavy atom. The van der Waals surface area contributed by atoms with E-state index in [4.69, 9.17) is 4.74 Å². The van der Waals surface area contributed by atoms with Gasteiger partial charge in [0.25, 0.3) is 0 Å². The number of amides is 1. The van der Waals surface area contributed by atoms with Crippen LogP contribution in [0.15, 0.2) is 84.9 Å². The lowest BCUT2D eigenvalue weighted by Crippen LogP contribution is -2.29. The molecule has 1 amide bonds. The number of anilines is 1. The van der Waals surface area contributed by atoms with Crippen LogP contribution in [0.5, 0.6) is 5.75 Å². The third-order valence-corrected chi connectivity index (χ3v) is 4.11. The van der Waals surface area contributed by atoms with E-state index in [9.17, 15) is 4.79 Å². The number of ether oxygens (including phenoxy) is 1. The molecule has 0 aromatic heterocycles. The van der Waals surface area contributed by atoms with Crippen LogP contribution in [0.3, 0.4) is 0 Å². The van der Waals surface area contributed by atoms with Gasteiger partial charge in [-0.15, -0.1) is 0 Å². The van der Waals surface area contributed by atoms with Crippen LogP contribution in [0.4, 0.5) is 5.69 Å². The van der Waals surface area contributed by atoms with Crippen molar-refractivity contribution in [2.45, 2.75) is 13.0 Å². The van der Waals surface area contributed by atoms with Crippen molar-refractivity contribution in [2.75, 3.05) is 18.4 Å². The van der Waals surface area contributed by atoms with Crippen LogP contribution < -0.4 is 15.4 Å². The van der Waals surface area contributed by atoms with Crippen LogP contribution in [0.2, 0.25) is 0 Å². The Labute approximate surface area is 160 Å². The van der Waals surface area contributed by atoms with Crippen molar-refractivity contribution in [3.63, 3.8) is 0 Å². The van der Waals surface area contributed by atoms with Gasteiger partial charge in [0, 0.05) is 5.69 Å². The van der Waals surface area contributed by atoms with Gasteiger partial charge < -0.3 is 15.4 Å². The number of hydrogen-bond acceptors (Lipinski definition) is 3. The van der Waals surface area contributed by atoms with Gasteiger partial charge in [-0.3, -0.25) is 4.79 Å². The third kappa shape index (κ3) is 6.60. The molecule has 138 valence electrons. The van der Waals surface area contributed by atoms with E-state index >= 15 is 0 Å². The Balaban J connectivity index is 1.36. The van der Waals surface area contributed by atoms with Gasteiger partial charge in [0.1, 0.15) is 12.4 Å². The first-order valence-corrected chi connectivity index (χ1v) is 9.11. The molecule has 0 fully saturated rings. The van der Waals surface area contributed by atoms with Crippen molar-refractivity contribution in [2.24, 2.45) is 0 Å². The predicted octanol–water partition coefficient (Wildman–Crippen LogP) is 4.04. The molecule has 0 saturated carbocycles. The van der Waals surface area contributed by atoms with Gasteiger partial charge in [0.05, 0.1) is 6.54 Å². The summed E-state index contributed by atoms with van der Waals surface area (Å²) < 4.78 is 5.75. The third-order valence-electron chi connectivity index (χ3n) is 4.11. The van der Waals surface area contributed by atoms with Crippen LogP contribution in [0.25, 0.3) is 0 Å². The Morgan fingerprint density at radius 3 is 2.07 bits per heavy atom. The zero-order valence-electron chi connectivity index (χ0n) is 15.2. The summed E-state index contributed by atoms with van der Waals surface area (Å²) in [4.78, 5) is 12.0. The maximum absolute atomic E-state index is 12.0. The summed E-state index contributed by atoms with van der Waals surface area (Å²) in [5.74, 6) is 0.721. The first kappa shape index (κ1) is 18.7. The van der Waals surface area contributed by atoms with Crippen LogP contribution in [-0.4, -0.2) is 19.0 Å². The fourth-order valence-electron chi connectivity index (χ4n) is 2.66. The number of rotatable bonds is 9. The maximum Gasteiger partial charge on any atom is 0.238 e. The molecule has 0 radical (unpaired) electrons. The second kappa shape index (κ2) is 10.1. The van der Waals surface area contributed by atoms with Gasteiger partial charge in [0.15, 0.2) is 0 Å². The van der Waals surface area contributed by atoms with Gasteiger partial charge in [-0.25, -0.2) is 0 Å². The van der Waals surface area contributed by atoms with E-state index in [1.165, 1.54) is 5.56 Å². The molecule has 4 heteroatoms. The first-order chi connectivity index (χ1) is 13.3. The highest BCUT2D eigenvalue weighted by atomic mass is 16.5. The Hall–Kier alpha value is -3.11. The van der Waals surface area contributed by atoms with Crippen molar-refractivity contribution < 1.29 is 9.53 Å². The normalized spacial score (nSPS) is 10.4. The number of carbonyl (C=O) groups excluding carboxylic acids is 1. The number of benzene rings is 3. The fraction of sp³-hybridized carbons (Fsp3) is 0.174. The quantitative estimate of drug-likeness (QED) is 0.566. The minimum absolute atomic E-state index is 0.0546. The van der Waals surface area contributed by atoms with Crippen molar-refractivity contribution in [3.8, 4) is 5.75 Å². The lowest BCUT2D eigenvalue weighted by Gasteiger charge is -2.09. The Kier molecular flexibility index (Phi) is 7.01. The fourth-order valence-corrected chi connectivity index (χ4v) is 2.66. The van der Waals surface area contributed by atoms with Gasteiger partial charge in [-0.2, -0.15) is 0 Å². The molecular weight excluding hydrogens is 336 g/mol.